The third-order valence-corrected chi connectivity index (χ3v) is 7.11. The highest BCUT2D eigenvalue weighted by atomic mass is 35.5. The molecular weight excluding hydrogens is 506 g/mol. The first kappa shape index (κ1) is 25.2. The van der Waals surface area contributed by atoms with E-state index in [4.69, 9.17) is 33.3 Å². The van der Waals surface area contributed by atoms with E-state index in [1.54, 1.807) is 19.5 Å². The van der Waals surface area contributed by atoms with Gasteiger partial charge in [-0.15, -0.1) is 0 Å². The largest absolute Gasteiger partial charge is 0.490 e. The summed E-state index contributed by atoms with van der Waals surface area (Å²) in [6.07, 6.45) is 3.61. The Labute approximate surface area is 227 Å². The first-order valence-corrected chi connectivity index (χ1v) is 12.8. The van der Waals surface area contributed by atoms with Crippen LogP contribution in [-0.4, -0.2) is 40.0 Å². The van der Waals surface area contributed by atoms with E-state index in [0.29, 0.717) is 29.1 Å². The maximum Gasteiger partial charge on any atom is 0.174 e. The molecule has 0 aliphatic carbocycles. The molecular formula is C28H28ClN5O2S. The number of nitrogens with zero attached hydrogens (tertiary/aromatic N) is 4. The van der Waals surface area contributed by atoms with Crippen LogP contribution in [0.3, 0.4) is 0 Å². The molecule has 0 radical (unpaired) electrons. The quantitative estimate of drug-likeness (QED) is 0.229. The summed E-state index contributed by atoms with van der Waals surface area (Å²) in [6, 6.07) is 19.5. The van der Waals surface area contributed by atoms with Gasteiger partial charge in [0.05, 0.1) is 29.4 Å². The van der Waals surface area contributed by atoms with Gasteiger partial charge in [-0.1, -0.05) is 23.7 Å². The Morgan fingerprint density at radius 1 is 1.00 bits per heavy atom. The van der Waals surface area contributed by atoms with Crippen LogP contribution in [0.2, 0.25) is 5.02 Å². The zero-order valence-electron chi connectivity index (χ0n) is 20.9. The van der Waals surface area contributed by atoms with Gasteiger partial charge in [0.2, 0.25) is 0 Å². The summed E-state index contributed by atoms with van der Waals surface area (Å²) in [5.74, 6) is 1.48. The van der Waals surface area contributed by atoms with Gasteiger partial charge in [0.25, 0.3) is 0 Å². The molecule has 0 bridgehead atoms. The molecule has 0 spiro atoms. The summed E-state index contributed by atoms with van der Waals surface area (Å²) in [4.78, 5) is 11.4. The standard InChI is InChI=1S/C28H28ClN5O2S/c1-18-16-21(19(2)33(18)25-9-5-7-13-31-25)27-26(23-8-4-6-12-30-23)32-28(37)34(27)20-10-11-24(22(29)17-20)36-15-14-35-3/h4-13,16-17,26-27H,14-15H2,1-3H3,(H,32,37). The Morgan fingerprint density at radius 2 is 1.78 bits per heavy atom. The van der Waals surface area contributed by atoms with Gasteiger partial charge < -0.3 is 24.3 Å². The second kappa shape index (κ2) is 10.9. The van der Waals surface area contributed by atoms with E-state index in [1.165, 1.54) is 0 Å². The molecule has 5 rings (SSSR count). The third-order valence-electron chi connectivity index (χ3n) is 6.50. The maximum absolute atomic E-state index is 6.64. The zero-order valence-corrected chi connectivity index (χ0v) is 22.5. The first-order chi connectivity index (χ1) is 18.0. The van der Waals surface area contributed by atoms with Crippen LogP contribution >= 0.6 is 23.8 Å². The molecule has 9 heteroatoms. The highest BCUT2D eigenvalue weighted by molar-refractivity contribution is 7.80. The van der Waals surface area contributed by atoms with Crippen molar-refractivity contribution in [2.24, 2.45) is 0 Å². The van der Waals surface area contributed by atoms with Crippen molar-refractivity contribution < 1.29 is 9.47 Å². The molecule has 7 nitrogen and oxygen atoms in total. The van der Waals surface area contributed by atoms with Crippen LogP contribution in [0.15, 0.2) is 73.1 Å². The summed E-state index contributed by atoms with van der Waals surface area (Å²) in [5.41, 5.74) is 5.08. The van der Waals surface area contributed by atoms with Crippen LogP contribution in [0.5, 0.6) is 5.75 Å². The number of ether oxygens (including phenoxy) is 2. The van der Waals surface area contributed by atoms with E-state index < -0.39 is 0 Å². The summed E-state index contributed by atoms with van der Waals surface area (Å²) in [7, 11) is 1.64. The summed E-state index contributed by atoms with van der Waals surface area (Å²) < 4.78 is 13.0. The van der Waals surface area contributed by atoms with Crippen LogP contribution in [0, 0.1) is 13.8 Å². The second-order valence-corrected chi connectivity index (χ2v) is 9.60. The van der Waals surface area contributed by atoms with Gasteiger partial charge >= 0.3 is 0 Å². The van der Waals surface area contributed by atoms with Gasteiger partial charge in [-0.05, 0) is 80.2 Å². The van der Waals surface area contributed by atoms with Crippen LogP contribution in [0.25, 0.3) is 5.82 Å². The molecule has 3 aromatic heterocycles. The fourth-order valence-electron chi connectivity index (χ4n) is 4.87. The number of methoxy groups -OCH3 is 1. The van der Waals surface area contributed by atoms with Gasteiger partial charge in [-0.2, -0.15) is 0 Å². The minimum Gasteiger partial charge on any atom is -0.490 e. The van der Waals surface area contributed by atoms with E-state index in [2.05, 4.69) is 44.7 Å². The van der Waals surface area contributed by atoms with Crippen molar-refractivity contribution in [1.82, 2.24) is 19.9 Å². The van der Waals surface area contributed by atoms with Crippen LogP contribution < -0.4 is 15.0 Å². The number of benzene rings is 1. The predicted molar refractivity (Wildman–Crippen MR) is 150 cm³/mol. The molecule has 1 aliphatic heterocycles. The number of aryl methyl sites for hydroxylation is 1. The van der Waals surface area contributed by atoms with E-state index in [9.17, 15) is 0 Å². The lowest BCUT2D eigenvalue weighted by Crippen LogP contribution is -2.29. The van der Waals surface area contributed by atoms with Crippen molar-refractivity contribution in [3.05, 3.63) is 101 Å². The van der Waals surface area contributed by atoms with Gasteiger partial charge in [-0.3, -0.25) is 4.98 Å². The summed E-state index contributed by atoms with van der Waals surface area (Å²) >= 11 is 12.5. The normalized spacial score (nSPS) is 17.2. The first-order valence-electron chi connectivity index (χ1n) is 12.0. The van der Waals surface area contributed by atoms with E-state index in [0.717, 1.165) is 34.2 Å². The van der Waals surface area contributed by atoms with Crippen molar-refractivity contribution in [2.75, 3.05) is 25.2 Å². The number of hydrogen-bond acceptors (Lipinski definition) is 5. The molecule has 1 aliphatic rings. The van der Waals surface area contributed by atoms with Crippen molar-refractivity contribution in [3.8, 4) is 11.6 Å². The number of nitrogens with one attached hydrogen (secondary N) is 1. The van der Waals surface area contributed by atoms with Gasteiger partial charge in [0.15, 0.2) is 5.11 Å². The van der Waals surface area contributed by atoms with Crippen LogP contribution in [0.4, 0.5) is 5.69 Å². The Hall–Kier alpha value is -3.46. The lowest BCUT2D eigenvalue weighted by molar-refractivity contribution is 0.146. The van der Waals surface area contributed by atoms with Crippen molar-refractivity contribution in [2.45, 2.75) is 25.9 Å². The number of hydrogen-bond donors (Lipinski definition) is 1. The molecule has 190 valence electrons. The summed E-state index contributed by atoms with van der Waals surface area (Å²) in [6.45, 7) is 5.11. The zero-order chi connectivity index (χ0) is 25.9. The minimum absolute atomic E-state index is 0.164. The van der Waals surface area contributed by atoms with Crippen LogP contribution in [-0.2, 0) is 4.74 Å². The molecule has 37 heavy (non-hydrogen) atoms. The van der Waals surface area contributed by atoms with Crippen LogP contribution in [0.1, 0.15) is 34.7 Å². The molecule has 1 N–H and O–H groups in total. The van der Waals surface area contributed by atoms with Crippen molar-refractivity contribution in [1.29, 1.82) is 0 Å². The monoisotopic (exact) mass is 533 g/mol. The second-order valence-electron chi connectivity index (χ2n) is 8.80. The number of aromatic nitrogens is 3. The Bertz CT molecular complexity index is 1400. The van der Waals surface area contributed by atoms with Crippen molar-refractivity contribution >= 4 is 34.6 Å². The highest BCUT2D eigenvalue weighted by Crippen LogP contribution is 2.44. The van der Waals surface area contributed by atoms with E-state index >= 15 is 0 Å². The number of thiocarbonyl (C=S) groups is 1. The van der Waals surface area contributed by atoms with Gasteiger partial charge in [0, 0.05) is 36.6 Å². The Morgan fingerprint density at radius 3 is 2.46 bits per heavy atom. The lowest BCUT2D eigenvalue weighted by Gasteiger charge is -2.28. The molecule has 4 heterocycles. The number of pyridine rings is 2. The third kappa shape index (κ3) is 4.92. The fraction of sp³-hybridized carbons (Fsp3) is 0.250. The molecule has 1 fully saturated rings. The smallest absolute Gasteiger partial charge is 0.174 e. The lowest BCUT2D eigenvalue weighted by atomic mass is 9.96. The van der Waals surface area contributed by atoms with Gasteiger partial charge in [-0.25, -0.2) is 4.98 Å². The predicted octanol–water partition coefficient (Wildman–Crippen LogP) is 5.74. The summed E-state index contributed by atoms with van der Waals surface area (Å²) in [5, 5.41) is 4.63. The SMILES string of the molecule is COCCOc1ccc(N2C(=S)NC(c3ccccn3)C2c2cc(C)n(-c3ccccn3)c2C)cc1Cl. The van der Waals surface area contributed by atoms with Gasteiger partial charge in [0.1, 0.15) is 18.2 Å². The van der Waals surface area contributed by atoms with E-state index in [1.807, 2.05) is 54.6 Å². The molecule has 1 saturated heterocycles. The highest BCUT2D eigenvalue weighted by Gasteiger charge is 2.42. The van der Waals surface area contributed by atoms with E-state index in [-0.39, 0.29) is 12.1 Å². The number of rotatable bonds is 8. The van der Waals surface area contributed by atoms with Crippen molar-refractivity contribution in [3.63, 3.8) is 0 Å². The molecule has 0 saturated carbocycles. The molecule has 4 aromatic rings. The maximum atomic E-state index is 6.64. The minimum atomic E-state index is -0.164. The molecule has 0 amide bonds. The molecule has 2 unspecified atom stereocenters. The fourth-order valence-corrected chi connectivity index (χ4v) is 5.44. The Kier molecular flexibility index (Phi) is 7.41. The average Bonchev–Trinajstić information content (AvgIpc) is 3.41. The average molecular weight is 534 g/mol. The number of halogens is 1. The number of anilines is 1. The molecule has 2 atom stereocenters. The topological polar surface area (TPSA) is 64.4 Å². The molecule has 1 aromatic carbocycles. The Balaban J connectivity index is 1.60.